The number of nitrogens with two attached hydrogens (primary N) is 1. The second-order valence-electron chi connectivity index (χ2n) is 5.29. The third-order valence-electron chi connectivity index (χ3n) is 3.27. The van der Waals surface area contributed by atoms with Gasteiger partial charge in [0.25, 0.3) is 5.91 Å². The molecule has 0 aromatic heterocycles. The first-order valence-electron chi connectivity index (χ1n) is 7.10. The Kier molecular flexibility index (Phi) is 5.66. The van der Waals surface area contributed by atoms with Crippen LogP contribution in [0.1, 0.15) is 15.9 Å². The van der Waals surface area contributed by atoms with Crippen molar-refractivity contribution in [2.24, 2.45) is 5.73 Å². The Morgan fingerprint density at radius 3 is 2.32 bits per heavy atom. The van der Waals surface area contributed by atoms with Crippen LogP contribution in [0.5, 0.6) is 0 Å². The van der Waals surface area contributed by atoms with E-state index in [0.717, 1.165) is 11.8 Å². The minimum atomic E-state index is -3.53. The first-order chi connectivity index (χ1) is 11.7. The lowest BCUT2D eigenvalue weighted by Gasteiger charge is -2.08. The zero-order chi connectivity index (χ0) is 18.6. The van der Waals surface area contributed by atoms with E-state index in [1.165, 1.54) is 18.2 Å². The molecule has 2 aromatic carbocycles. The number of sulfone groups is 1. The van der Waals surface area contributed by atoms with Gasteiger partial charge in [0.05, 0.1) is 9.92 Å². The zero-order valence-electron chi connectivity index (χ0n) is 13.2. The fourth-order valence-corrected chi connectivity index (χ4v) is 3.36. The van der Waals surface area contributed by atoms with E-state index in [9.17, 15) is 18.0 Å². The molecule has 0 bridgehead atoms. The number of anilines is 1. The molecule has 2 aromatic rings. The first-order valence-corrected chi connectivity index (χ1v) is 9.37. The molecule has 0 atom stereocenters. The van der Waals surface area contributed by atoms with Gasteiger partial charge in [0.1, 0.15) is 0 Å². The Morgan fingerprint density at radius 2 is 1.76 bits per heavy atom. The quantitative estimate of drug-likeness (QED) is 0.735. The number of carbonyl (C=O) groups excluding carboxylic acids is 2. The van der Waals surface area contributed by atoms with E-state index in [0.29, 0.717) is 5.69 Å². The summed E-state index contributed by atoms with van der Waals surface area (Å²) < 4.78 is 23.3. The van der Waals surface area contributed by atoms with E-state index in [4.69, 9.17) is 17.3 Å². The van der Waals surface area contributed by atoms with Crippen LogP contribution in [0.15, 0.2) is 47.4 Å². The van der Waals surface area contributed by atoms with Gasteiger partial charge in [0.15, 0.2) is 9.84 Å². The second kappa shape index (κ2) is 7.54. The Balaban J connectivity index is 2.07. The van der Waals surface area contributed by atoms with Crippen LogP contribution in [0.3, 0.4) is 0 Å². The van der Waals surface area contributed by atoms with Crippen LogP contribution >= 0.6 is 11.6 Å². The fraction of sp³-hybridized carbons (Fsp3) is 0.125. The van der Waals surface area contributed by atoms with Gasteiger partial charge in [0.2, 0.25) is 0 Å². The molecule has 0 aliphatic rings. The van der Waals surface area contributed by atoms with Crippen molar-refractivity contribution in [3.63, 3.8) is 0 Å². The summed E-state index contributed by atoms with van der Waals surface area (Å²) in [5, 5.41) is 5.18. The average molecular weight is 382 g/mol. The summed E-state index contributed by atoms with van der Waals surface area (Å²) in [4.78, 5) is 22.9. The molecule has 0 unspecified atom stereocenters. The zero-order valence-corrected chi connectivity index (χ0v) is 14.8. The highest BCUT2D eigenvalue weighted by molar-refractivity contribution is 7.90. The van der Waals surface area contributed by atoms with Crippen molar-refractivity contribution in [2.75, 3.05) is 11.6 Å². The number of hydrogen-bond donors (Lipinski definition) is 3. The summed E-state index contributed by atoms with van der Waals surface area (Å²) >= 11 is 5.86. The molecule has 0 saturated heterocycles. The number of amides is 3. The highest BCUT2D eigenvalue weighted by atomic mass is 35.5. The molecule has 0 spiro atoms. The molecule has 9 heteroatoms. The smallest absolute Gasteiger partial charge is 0.316 e. The predicted molar refractivity (Wildman–Crippen MR) is 95.4 cm³/mol. The number of urea groups is 1. The lowest BCUT2D eigenvalue weighted by molar-refractivity contribution is 0.0950. The lowest BCUT2D eigenvalue weighted by Crippen LogP contribution is -2.23. The number of benzene rings is 2. The van der Waals surface area contributed by atoms with Gasteiger partial charge < -0.3 is 16.4 Å². The molecule has 4 N–H and O–H groups in total. The largest absolute Gasteiger partial charge is 0.351 e. The van der Waals surface area contributed by atoms with E-state index < -0.39 is 21.8 Å². The van der Waals surface area contributed by atoms with Crippen molar-refractivity contribution in [2.45, 2.75) is 11.4 Å². The molecule has 0 radical (unpaired) electrons. The molecule has 2 rings (SSSR count). The van der Waals surface area contributed by atoms with Crippen LogP contribution in [0, 0.1) is 0 Å². The van der Waals surface area contributed by atoms with Crippen LogP contribution in [0.25, 0.3) is 0 Å². The van der Waals surface area contributed by atoms with Gasteiger partial charge in [-0.3, -0.25) is 4.79 Å². The van der Waals surface area contributed by atoms with Crippen LogP contribution in [0.2, 0.25) is 5.02 Å². The number of carbonyl (C=O) groups is 2. The van der Waals surface area contributed by atoms with Gasteiger partial charge in [-0.2, -0.15) is 0 Å². The van der Waals surface area contributed by atoms with Crippen LogP contribution in [-0.4, -0.2) is 26.6 Å². The SMILES string of the molecule is CS(=O)(=O)c1cc(C(=O)NCc2ccc(NC(N)=O)cc2)ccc1Cl. The maximum absolute atomic E-state index is 12.2. The number of primary amides is 1. The summed E-state index contributed by atoms with van der Waals surface area (Å²) in [6.07, 6.45) is 1.03. The van der Waals surface area contributed by atoms with Gasteiger partial charge in [-0.25, -0.2) is 13.2 Å². The maximum Gasteiger partial charge on any atom is 0.316 e. The molecule has 0 saturated carbocycles. The van der Waals surface area contributed by atoms with Crippen molar-refractivity contribution in [3.05, 3.63) is 58.6 Å². The Morgan fingerprint density at radius 1 is 1.12 bits per heavy atom. The Bertz CT molecular complexity index is 911. The second-order valence-corrected chi connectivity index (χ2v) is 7.68. The van der Waals surface area contributed by atoms with Gasteiger partial charge in [-0.05, 0) is 35.9 Å². The number of nitrogens with one attached hydrogen (secondary N) is 2. The monoisotopic (exact) mass is 381 g/mol. The summed E-state index contributed by atoms with van der Waals surface area (Å²) in [5.74, 6) is -0.430. The Hall–Kier alpha value is -2.58. The third kappa shape index (κ3) is 5.20. The van der Waals surface area contributed by atoms with Crippen molar-refractivity contribution in [1.82, 2.24) is 5.32 Å². The molecule has 0 aliphatic heterocycles. The van der Waals surface area contributed by atoms with Crippen molar-refractivity contribution < 1.29 is 18.0 Å². The first kappa shape index (κ1) is 18.8. The predicted octanol–water partition coefficient (Wildman–Crippen LogP) is 2.16. The van der Waals surface area contributed by atoms with Crippen molar-refractivity contribution in [3.8, 4) is 0 Å². The standard InChI is InChI=1S/C16H16ClN3O4S/c1-25(23,24)14-8-11(4-7-13(14)17)15(21)19-9-10-2-5-12(6-3-10)20-16(18)22/h2-8H,9H2,1H3,(H,19,21)(H3,18,20,22). The van der Waals surface area contributed by atoms with E-state index in [1.54, 1.807) is 24.3 Å². The molecule has 0 heterocycles. The minimum Gasteiger partial charge on any atom is -0.351 e. The molecule has 25 heavy (non-hydrogen) atoms. The van der Waals surface area contributed by atoms with Gasteiger partial charge in [0, 0.05) is 24.1 Å². The van der Waals surface area contributed by atoms with Crippen LogP contribution in [0.4, 0.5) is 10.5 Å². The molecule has 0 aliphatic carbocycles. The summed E-state index contributed by atoms with van der Waals surface area (Å²) in [6.45, 7) is 0.229. The maximum atomic E-state index is 12.2. The topological polar surface area (TPSA) is 118 Å². The van der Waals surface area contributed by atoms with Crippen LogP contribution < -0.4 is 16.4 Å². The van der Waals surface area contributed by atoms with Crippen molar-refractivity contribution >= 4 is 39.1 Å². The summed E-state index contributed by atoms with van der Waals surface area (Å²) in [5.41, 5.74) is 6.54. The van der Waals surface area contributed by atoms with Crippen LogP contribution in [-0.2, 0) is 16.4 Å². The molecule has 7 nitrogen and oxygen atoms in total. The number of rotatable bonds is 5. The highest BCUT2D eigenvalue weighted by Gasteiger charge is 2.15. The van der Waals surface area contributed by atoms with E-state index >= 15 is 0 Å². The fourth-order valence-electron chi connectivity index (χ4n) is 2.06. The molecule has 0 fully saturated rings. The molecule has 3 amide bonds. The average Bonchev–Trinajstić information content (AvgIpc) is 2.52. The third-order valence-corrected chi connectivity index (χ3v) is 4.85. The number of hydrogen-bond acceptors (Lipinski definition) is 4. The summed E-state index contributed by atoms with van der Waals surface area (Å²) in [6, 6.07) is 10.1. The van der Waals surface area contributed by atoms with Gasteiger partial charge in [-0.15, -0.1) is 0 Å². The van der Waals surface area contributed by atoms with E-state index in [1.807, 2.05) is 0 Å². The Labute approximate surface area is 150 Å². The normalized spacial score (nSPS) is 11.0. The summed E-state index contributed by atoms with van der Waals surface area (Å²) in [7, 11) is -3.53. The number of halogens is 1. The lowest BCUT2D eigenvalue weighted by atomic mass is 10.2. The van der Waals surface area contributed by atoms with E-state index in [-0.39, 0.29) is 22.0 Å². The molecular weight excluding hydrogens is 366 g/mol. The van der Waals surface area contributed by atoms with Crippen molar-refractivity contribution in [1.29, 1.82) is 0 Å². The van der Waals surface area contributed by atoms with E-state index in [2.05, 4.69) is 10.6 Å². The van der Waals surface area contributed by atoms with Gasteiger partial charge in [-0.1, -0.05) is 23.7 Å². The highest BCUT2D eigenvalue weighted by Crippen LogP contribution is 2.22. The molecular formula is C16H16ClN3O4S. The minimum absolute atomic E-state index is 0.0663. The molecule has 132 valence electrons. The van der Waals surface area contributed by atoms with Gasteiger partial charge >= 0.3 is 6.03 Å².